The van der Waals surface area contributed by atoms with Crippen molar-refractivity contribution >= 4 is 21.4 Å². The minimum atomic E-state index is -4.02. The van der Waals surface area contributed by atoms with E-state index in [1.165, 1.54) is 19.2 Å². The molecule has 0 saturated heterocycles. The Morgan fingerprint density at radius 1 is 1.52 bits per heavy atom. The van der Waals surface area contributed by atoms with Gasteiger partial charge in [-0.2, -0.15) is 0 Å². The molecule has 8 nitrogen and oxygen atoms in total. The molecule has 1 aromatic rings. The van der Waals surface area contributed by atoms with E-state index in [0.29, 0.717) is 19.4 Å². The van der Waals surface area contributed by atoms with E-state index in [-0.39, 0.29) is 28.8 Å². The molecule has 0 heterocycles. The third kappa shape index (κ3) is 4.15. The summed E-state index contributed by atoms with van der Waals surface area (Å²) in [6, 6.07) is 3.38. The molecular formula is C13H18FN3O5S. The number of benzene rings is 1. The van der Waals surface area contributed by atoms with Gasteiger partial charge in [-0.3, -0.25) is 10.1 Å². The van der Waals surface area contributed by atoms with Crippen LogP contribution in [0.1, 0.15) is 12.8 Å². The third-order valence-electron chi connectivity index (χ3n) is 3.79. The zero-order chi connectivity index (χ0) is 17.3. The average molecular weight is 347 g/mol. The highest BCUT2D eigenvalue weighted by Gasteiger charge is 2.44. The van der Waals surface area contributed by atoms with Crippen molar-refractivity contribution in [3.05, 3.63) is 28.3 Å². The van der Waals surface area contributed by atoms with Gasteiger partial charge in [-0.1, -0.05) is 0 Å². The summed E-state index contributed by atoms with van der Waals surface area (Å²) in [6.07, 6.45) is 0.633. The molecule has 128 valence electrons. The highest BCUT2D eigenvalue weighted by atomic mass is 32.2. The molecule has 0 unspecified atom stereocenters. The first-order chi connectivity index (χ1) is 10.6. The van der Waals surface area contributed by atoms with Crippen LogP contribution in [0, 0.1) is 16.0 Å². The number of nitrogens with one attached hydrogen (secondary N) is 1. The van der Waals surface area contributed by atoms with Crippen molar-refractivity contribution in [1.82, 2.24) is 0 Å². The molecule has 1 aliphatic rings. The maximum Gasteiger partial charge on any atom is 0.293 e. The largest absolute Gasteiger partial charge is 0.381 e. The maximum absolute atomic E-state index is 13.9. The zero-order valence-corrected chi connectivity index (χ0v) is 13.3. The molecule has 1 aromatic carbocycles. The lowest BCUT2D eigenvalue weighted by Crippen LogP contribution is -2.46. The van der Waals surface area contributed by atoms with Crippen LogP contribution in [0.4, 0.5) is 15.8 Å². The predicted octanol–water partition coefficient (Wildman–Crippen LogP) is 1.42. The second-order valence-corrected chi connectivity index (χ2v) is 7.28. The van der Waals surface area contributed by atoms with E-state index in [2.05, 4.69) is 5.32 Å². The molecule has 3 N–H and O–H groups in total. The molecule has 0 spiro atoms. The summed E-state index contributed by atoms with van der Waals surface area (Å²) < 4.78 is 41.2. The quantitative estimate of drug-likeness (QED) is 0.568. The first-order valence-corrected chi connectivity index (χ1v) is 8.42. The van der Waals surface area contributed by atoms with Gasteiger partial charge in [-0.25, -0.2) is 17.9 Å². The maximum atomic E-state index is 13.9. The summed E-state index contributed by atoms with van der Waals surface area (Å²) in [5, 5.41) is 18.9. The average Bonchev–Trinajstić information content (AvgIpc) is 2.41. The Morgan fingerprint density at radius 2 is 2.17 bits per heavy atom. The van der Waals surface area contributed by atoms with Crippen molar-refractivity contribution in [2.75, 3.05) is 25.6 Å². The number of halogens is 1. The van der Waals surface area contributed by atoms with E-state index in [1.54, 1.807) is 0 Å². The van der Waals surface area contributed by atoms with Gasteiger partial charge in [0.05, 0.1) is 16.4 Å². The van der Waals surface area contributed by atoms with Crippen molar-refractivity contribution in [2.24, 2.45) is 11.1 Å². The molecule has 0 amide bonds. The number of ether oxygens (including phenoxy) is 1. The molecule has 0 bridgehead atoms. The number of hydrogen-bond acceptors (Lipinski definition) is 6. The Kier molecular flexibility index (Phi) is 4.87. The molecule has 23 heavy (non-hydrogen) atoms. The molecule has 1 aliphatic carbocycles. The fourth-order valence-corrected chi connectivity index (χ4v) is 3.27. The summed E-state index contributed by atoms with van der Waals surface area (Å²) >= 11 is 0. The van der Waals surface area contributed by atoms with E-state index < -0.39 is 20.6 Å². The second-order valence-electron chi connectivity index (χ2n) is 5.72. The van der Waals surface area contributed by atoms with Gasteiger partial charge in [0.1, 0.15) is 11.4 Å². The molecule has 0 atom stereocenters. The van der Waals surface area contributed by atoms with Crippen molar-refractivity contribution in [2.45, 2.75) is 23.4 Å². The zero-order valence-electron chi connectivity index (χ0n) is 12.5. The third-order valence-corrected chi connectivity index (χ3v) is 4.70. The lowest BCUT2D eigenvalue weighted by Gasteiger charge is -2.41. The number of methoxy groups -OCH3 is 1. The van der Waals surface area contributed by atoms with Gasteiger partial charge in [0.15, 0.2) is 0 Å². The van der Waals surface area contributed by atoms with Crippen molar-refractivity contribution in [3.8, 4) is 0 Å². The Balaban J connectivity index is 2.05. The van der Waals surface area contributed by atoms with Crippen molar-refractivity contribution in [3.63, 3.8) is 0 Å². The molecule has 0 radical (unpaired) electrons. The van der Waals surface area contributed by atoms with Crippen molar-refractivity contribution < 1.29 is 22.5 Å². The number of nitro groups is 1. The van der Waals surface area contributed by atoms with Gasteiger partial charge in [0.25, 0.3) is 5.69 Å². The summed E-state index contributed by atoms with van der Waals surface area (Å²) in [7, 11) is -2.58. The summed E-state index contributed by atoms with van der Waals surface area (Å²) in [6.45, 7) is 0.387. The number of alkyl halides is 1. The van der Waals surface area contributed by atoms with Crippen LogP contribution in [0.3, 0.4) is 0 Å². The topological polar surface area (TPSA) is 125 Å². The smallest absolute Gasteiger partial charge is 0.293 e. The summed E-state index contributed by atoms with van der Waals surface area (Å²) in [4.78, 5) is 10.0. The van der Waals surface area contributed by atoms with Gasteiger partial charge in [0.2, 0.25) is 10.0 Å². The minimum absolute atomic E-state index is 0.0344. The van der Waals surface area contributed by atoms with Gasteiger partial charge in [-0.15, -0.1) is 0 Å². The van der Waals surface area contributed by atoms with Crippen LogP contribution < -0.4 is 10.5 Å². The van der Waals surface area contributed by atoms with E-state index in [9.17, 15) is 22.9 Å². The van der Waals surface area contributed by atoms with Gasteiger partial charge in [-0.05, 0) is 30.9 Å². The molecule has 1 fully saturated rings. The van der Waals surface area contributed by atoms with Crippen molar-refractivity contribution in [1.29, 1.82) is 0 Å². The highest BCUT2D eigenvalue weighted by molar-refractivity contribution is 7.89. The number of nitrogens with zero attached hydrogens (tertiary/aromatic N) is 1. The van der Waals surface area contributed by atoms with Crippen LogP contribution in [-0.2, 0) is 14.8 Å². The Bertz CT molecular complexity index is 704. The van der Waals surface area contributed by atoms with Gasteiger partial charge >= 0.3 is 0 Å². The number of nitro benzene ring substituents is 1. The van der Waals surface area contributed by atoms with E-state index in [0.717, 1.165) is 6.07 Å². The SMILES string of the molecule is COCC1(F)CC(CNc2ccc(S(N)(=O)=O)cc2[N+](=O)[O-])C1. The predicted molar refractivity (Wildman–Crippen MR) is 81.4 cm³/mol. The van der Waals surface area contributed by atoms with Crippen LogP contribution in [0.2, 0.25) is 0 Å². The van der Waals surface area contributed by atoms with Crippen LogP contribution in [-0.4, -0.2) is 39.3 Å². The molecular weight excluding hydrogens is 329 g/mol. The Hall–Kier alpha value is -1.78. The molecule has 0 aromatic heterocycles. The van der Waals surface area contributed by atoms with E-state index in [1.807, 2.05) is 0 Å². The summed E-state index contributed by atoms with van der Waals surface area (Å²) in [5.41, 5.74) is -1.55. The molecule has 10 heteroatoms. The first kappa shape index (κ1) is 17.6. The van der Waals surface area contributed by atoms with Gasteiger partial charge < -0.3 is 10.1 Å². The van der Waals surface area contributed by atoms with Crippen LogP contribution in [0.25, 0.3) is 0 Å². The molecule has 1 saturated carbocycles. The number of rotatable bonds is 7. The van der Waals surface area contributed by atoms with Gasteiger partial charge in [0, 0.05) is 19.7 Å². The normalized spacial score (nSPS) is 24.0. The fraction of sp³-hybridized carbons (Fsp3) is 0.538. The number of nitrogens with two attached hydrogens (primary N) is 1. The van der Waals surface area contributed by atoms with E-state index in [4.69, 9.17) is 9.88 Å². The highest BCUT2D eigenvalue weighted by Crippen LogP contribution is 2.41. The Labute approximate surface area is 133 Å². The van der Waals surface area contributed by atoms with Crippen LogP contribution >= 0.6 is 0 Å². The standard InChI is InChI=1S/C13H18FN3O5S/c1-22-8-13(14)5-9(6-13)7-16-11-3-2-10(23(15,20)21)4-12(11)17(18)19/h2-4,9,16H,5-8H2,1H3,(H2,15,20,21). The Morgan fingerprint density at radius 3 is 2.70 bits per heavy atom. The number of anilines is 1. The molecule has 0 aliphatic heterocycles. The van der Waals surface area contributed by atoms with E-state index >= 15 is 0 Å². The lowest BCUT2D eigenvalue weighted by molar-refractivity contribution is -0.384. The minimum Gasteiger partial charge on any atom is -0.381 e. The molecule has 2 rings (SSSR count). The summed E-state index contributed by atoms with van der Waals surface area (Å²) in [5.74, 6) is 0.0349. The number of primary sulfonamides is 1. The second kappa shape index (κ2) is 6.38. The fourth-order valence-electron chi connectivity index (χ4n) is 2.74. The number of sulfonamides is 1. The lowest BCUT2D eigenvalue weighted by atomic mass is 9.72. The monoisotopic (exact) mass is 347 g/mol. The van der Waals surface area contributed by atoms with Crippen LogP contribution in [0.5, 0.6) is 0 Å². The number of hydrogen-bond donors (Lipinski definition) is 2. The van der Waals surface area contributed by atoms with Crippen LogP contribution in [0.15, 0.2) is 23.1 Å². The first-order valence-electron chi connectivity index (χ1n) is 6.87.